The van der Waals surface area contributed by atoms with Crippen molar-refractivity contribution in [1.82, 2.24) is 14.7 Å². The van der Waals surface area contributed by atoms with Crippen LogP contribution in [0.3, 0.4) is 0 Å². The average Bonchev–Trinajstić information content (AvgIpc) is 2.42. The van der Waals surface area contributed by atoms with Gasteiger partial charge in [-0.25, -0.2) is 0 Å². The molecule has 0 radical (unpaired) electrons. The van der Waals surface area contributed by atoms with Crippen LogP contribution in [0.5, 0.6) is 0 Å². The number of piperazine rings is 1. The normalized spacial score (nSPS) is 17.8. The summed E-state index contributed by atoms with van der Waals surface area (Å²) >= 11 is 6.23. The second-order valence-corrected chi connectivity index (χ2v) is 6.18. The third-order valence-electron chi connectivity index (χ3n) is 3.79. The second-order valence-electron chi connectivity index (χ2n) is 5.77. The average molecular weight is 297 g/mol. The van der Waals surface area contributed by atoms with E-state index in [-0.39, 0.29) is 0 Å². The van der Waals surface area contributed by atoms with Crippen molar-refractivity contribution >= 4 is 17.3 Å². The van der Waals surface area contributed by atoms with Gasteiger partial charge in [-0.1, -0.05) is 11.6 Å². The number of hydrogen-bond donors (Lipinski definition) is 1. The predicted octanol–water partition coefficient (Wildman–Crippen LogP) is 1.60. The number of hydrogen-bond acceptors (Lipinski definition) is 4. The van der Waals surface area contributed by atoms with E-state index in [4.69, 9.17) is 17.3 Å². The molecule has 1 aromatic rings. The number of rotatable bonds is 5. The molecule has 1 heterocycles. The highest BCUT2D eigenvalue weighted by atomic mass is 35.5. The lowest BCUT2D eigenvalue weighted by Crippen LogP contribution is -2.47. The molecule has 112 valence electrons. The highest BCUT2D eigenvalue weighted by molar-refractivity contribution is 6.31. The van der Waals surface area contributed by atoms with E-state index in [0.29, 0.717) is 0 Å². The van der Waals surface area contributed by atoms with Crippen molar-refractivity contribution in [2.75, 3.05) is 59.1 Å². The number of nitrogens with two attached hydrogens (primary N) is 1. The molecule has 2 N–H and O–H groups in total. The summed E-state index contributed by atoms with van der Waals surface area (Å²) in [4.78, 5) is 7.21. The molecule has 5 heteroatoms. The number of nitrogen functional groups attached to an aromatic ring is 1. The molecular formula is C15H25ClN4. The lowest BCUT2D eigenvalue weighted by molar-refractivity contribution is 0.120. The molecule has 1 aromatic carbocycles. The van der Waals surface area contributed by atoms with Crippen LogP contribution in [0.4, 0.5) is 5.69 Å². The van der Waals surface area contributed by atoms with E-state index < -0.39 is 0 Å². The van der Waals surface area contributed by atoms with Crippen molar-refractivity contribution in [2.45, 2.75) is 6.54 Å². The molecule has 0 unspecified atom stereocenters. The van der Waals surface area contributed by atoms with Gasteiger partial charge in [0.15, 0.2) is 0 Å². The van der Waals surface area contributed by atoms with Gasteiger partial charge < -0.3 is 10.6 Å². The minimum Gasteiger partial charge on any atom is -0.399 e. The minimum absolute atomic E-state index is 0.786. The molecule has 0 spiro atoms. The highest BCUT2D eigenvalue weighted by Gasteiger charge is 2.17. The van der Waals surface area contributed by atoms with Crippen LogP contribution in [-0.2, 0) is 6.54 Å². The second kappa shape index (κ2) is 7.27. The first-order valence-electron chi connectivity index (χ1n) is 7.18. The largest absolute Gasteiger partial charge is 0.399 e. The monoisotopic (exact) mass is 296 g/mol. The summed E-state index contributed by atoms with van der Waals surface area (Å²) in [6, 6.07) is 5.73. The summed E-state index contributed by atoms with van der Waals surface area (Å²) in [5, 5.41) is 0.814. The standard InChI is InChI=1S/C15H25ClN4/c1-18(2)5-6-19-7-9-20(10-8-19)12-13-11-14(17)3-4-15(13)16/h3-4,11H,5-10,12,17H2,1-2H3. The Balaban J connectivity index is 1.81. The van der Waals surface area contributed by atoms with E-state index in [1.165, 1.54) is 0 Å². The number of likely N-dealkylation sites (N-methyl/N-ethyl adjacent to an activating group) is 1. The van der Waals surface area contributed by atoms with Gasteiger partial charge in [-0.3, -0.25) is 9.80 Å². The summed E-state index contributed by atoms with van der Waals surface area (Å²) in [6.07, 6.45) is 0. The zero-order chi connectivity index (χ0) is 14.5. The Morgan fingerprint density at radius 1 is 1.15 bits per heavy atom. The molecule has 1 aliphatic heterocycles. The molecule has 0 aromatic heterocycles. The van der Waals surface area contributed by atoms with Gasteiger partial charge in [0.05, 0.1) is 0 Å². The topological polar surface area (TPSA) is 35.7 Å². The van der Waals surface area contributed by atoms with Gasteiger partial charge in [-0.05, 0) is 37.9 Å². The van der Waals surface area contributed by atoms with Crippen LogP contribution < -0.4 is 5.73 Å². The van der Waals surface area contributed by atoms with Gasteiger partial charge in [0, 0.05) is 56.5 Å². The van der Waals surface area contributed by atoms with E-state index in [0.717, 1.165) is 62.1 Å². The predicted molar refractivity (Wildman–Crippen MR) is 86.1 cm³/mol. The van der Waals surface area contributed by atoms with Crippen LogP contribution >= 0.6 is 11.6 Å². The Bertz CT molecular complexity index is 428. The molecule has 1 saturated heterocycles. The summed E-state index contributed by atoms with van der Waals surface area (Å²) in [5.41, 5.74) is 7.75. The molecule has 0 atom stereocenters. The first-order valence-corrected chi connectivity index (χ1v) is 7.56. The molecule has 2 rings (SSSR count). The van der Waals surface area contributed by atoms with Crippen molar-refractivity contribution < 1.29 is 0 Å². The van der Waals surface area contributed by atoms with Crippen LogP contribution in [0.15, 0.2) is 18.2 Å². The zero-order valence-electron chi connectivity index (χ0n) is 12.5. The highest BCUT2D eigenvalue weighted by Crippen LogP contribution is 2.21. The maximum atomic E-state index is 6.23. The Kier molecular flexibility index (Phi) is 5.66. The molecular weight excluding hydrogens is 272 g/mol. The van der Waals surface area contributed by atoms with E-state index in [9.17, 15) is 0 Å². The maximum absolute atomic E-state index is 6.23. The summed E-state index contributed by atoms with van der Waals surface area (Å²) < 4.78 is 0. The van der Waals surface area contributed by atoms with Crippen molar-refractivity contribution in [3.05, 3.63) is 28.8 Å². The molecule has 4 nitrogen and oxygen atoms in total. The molecule has 20 heavy (non-hydrogen) atoms. The SMILES string of the molecule is CN(C)CCN1CCN(Cc2cc(N)ccc2Cl)CC1. The van der Waals surface area contributed by atoms with Gasteiger partial charge in [-0.2, -0.15) is 0 Å². The summed E-state index contributed by atoms with van der Waals surface area (Å²) in [5.74, 6) is 0. The van der Waals surface area contributed by atoms with E-state index in [1.54, 1.807) is 0 Å². The lowest BCUT2D eigenvalue weighted by Gasteiger charge is -2.35. The fourth-order valence-corrected chi connectivity index (χ4v) is 2.65. The Hall–Kier alpha value is -0.810. The molecule has 0 aliphatic carbocycles. The maximum Gasteiger partial charge on any atom is 0.0452 e. The van der Waals surface area contributed by atoms with Gasteiger partial charge in [0.25, 0.3) is 0 Å². The van der Waals surface area contributed by atoms with Gasteiger partial charge in [0.2, 0.25) is 0 Å². The molecule has 0 bridgehead atoms. The van der Waals surface area contributed by atoms with Crippen LogP contribution in [0.1, 0.15) is 5.56 Å². The quantitative estimate of drug-likeness (QED) is 0.837. The summed E-state index contributed by atoms with van der Waals surface area (Å²) in [7, 11) is 4.25. The molecule has 1 aliphatic rings. The fourth-order valence-electron chi connectivity index (χ4n) is 2.47. The third-order valence-corrected chi connectivity index (χ3v) is 4.16. The fraction of sp³-hybridized carbons (Fsp3) is 0.600. The molecule has 0 amide bonds. The first-order chi connectivity index (χ1) is 9.54. The Morgan fingerprint density at radius 3 is 2.45 bits per heavy atom. The van der Waals surface area contributed by atoms with Gasteiger partial charge in [-0.15, -0.1) is 0 Å². The van der Waals surface area contributed by atoms with Crippen molar-refractivity contribution in [1.29, 1.82) is 0 Å². The number of benzene rings is 1. The van der Waals surface area contributed by atoms with Crippen LogP contribution in [0.2, 0.25) is 5.02 Å². The van der Waals surface area contributed by atoms with E-state index in [2.05, 4.69) is 28.8 Å². The Labute approximate surface area is 127 Å². The van der Waals surface area contributed by atoms with Crippen molar-refractivity contribution in [2.24, 2.45) is 0 Å². The van der Waals surface area contributed by atoms with E-state index in [1.807, 2.05) is 18.2 Å². The van der Waals surface area contributed by atoms with Crippen LogP contribution in [0.25, 0.3) is 0 Å². The molecule has 1 fully saturated rings. The van der Waals surface area contributed by atoms with Crippen LogP contribution in [0, 0.1) is 0 Å². The first kappa shape index (κ1) is 15.6. The summed E-state index contributed by atoms with van der Waals surface area (Å²) in [6.45, 7) is 7.63. The number of anilines is 1. The smallest absolute Gasteiger partial charge is 0.0452 e. The van der Waals surface area contributed by atoms with Crippen molar-refractivity contribution in [3.63, 3.8) is 0 Å². The third kappa shape index (κ3) is 4.63. The zero-order valence-corrected chi connectivity index (χ0v) is 13.2. The van der Waals surface area contributed by atoms with Gasteiger partial charge >= 0.3 is 0 Å². The van der Waals surface area contributed by atoms with E-state index >= 15 is 0 Å². The lowest BCUT2D eigenvalue weighted by atomic mass is 10.1. The van der Waals surface area contributed by atoms with Crippen molar-refractivity contribution in [3.8, 4) is 0 Å². The number of halogens is 1. The van der Waals surface area contributed by atoms with Gasteiger partial charge in [0.1, 0.15) is 0 Å². The minimum atomic E-state index is 0.786. The van der Waals surface area contributed by atoms with Crippen LogP contribution in [-0.4, -0.2) is 68.1 Å². The Morgan fingerprint density at radius 2 is 1.80 bits per heavy atom. The number of nitrogens with zero attached hydrogens (tertiary/aromatic N) is 3. The molecule has 0 saturated carbocycles.